The summed E-state index contributed by atoms with van der Waals surface area (Å²) in [5.74, 6) is -0.873. The average molecular weight is 285 g/mol. The number of carbonyl (C=O) groups is 1. The normalized spacial score (nSPS) is 24.6. The number of rotatable bonds is 4. The Balaban J connectivity index is 2.09. The first-order valence-corrected chi connectivity index (χ1v) is 7.12. The predicted octanol–water partition coefficient (Wildman–Crippen LogP) is 1.34. The van der Waals surface area contributed by atoms with E-state index in [0.717, 1.165) is 10.4 Å². The van der Waals surface area contributed by atoms with Crippen LogP contribution < -0.4 is 0 Å². The molecule has 2 rings (SSSR count). The van der Waals surface area contributed by atoms with E-state index >= 15 is 0 Å². The van der Waals surface area contributed by atoms with Gasteiger partial charge in [0.25, 0.3) is 0 Å². The van der Waals surface area contributed by atoms with Crippen LogP contribution >= 0.6 is 11.3 Å². The molecule has 0 saturated carbocycles. The van der Waals surface area contributed by atoms with Gasteiger partial charge in [0, 0.05) is 24.0 Å². The number of ether oxygens (including phenoxy) is 1. The predicted molar refractivity (Wildman–Crippen MR) is 72.7 cm³/mol. The summed E-state index contributed by atoms with van der Waals surface area (Å²) in [5, 5.41) is 18.2. The third-order valence-electron chi connectivity index (χ3n) is 3.44. The zero-order valence-electron chi connectivity index (χ0n) is 11.1. The highest BCUT2D eigenvalue weighted by Crippen LogP contribution is 2.24. The highest BCUT2D eigenvalue weighted by Gasteiger charge is 2.26. The molecule has 2 atom stereocenters. The number of aryl methyl sites for hydroxylation is 1. The minimum absolute atomic E-state index is 0.0201. The number of aliphatic hydroxyl groups excluding tert-OH is 1. The van der Waals surface area contributed by atoms with Crippen molar-refractivity contribution in [1.82, 2.24) is 4.90 Å². The van der Waals surface area contributed by atoms with Crippen LogP contribution in [0.15, 0.2) is 6.07 Å². The Kier molecular flexibility index (Phi) is 4.57. The fraction of sp³-hybridized carbons (Fsp3) is 0.615. The number of thiophene rings is 1. The first kappa shape index (κ1) is 14.5. The molecule has 2 unspecified atom stereocenters. The van der Waals surface area contributed by atoms with Crippen molar-refractivity contribution in [1.29, 1.82) is 0 Å². The monoisotopic (exact) mass is 285 g/mol. The van der Waals surface area contributed by atoms with Gasteiger partial charge < -0.3 is 14.9 Å². The van der Waals surface area contributed by atoms with Crippen molar-refractivity contribution in [2.75, 3.05) is 19.8 Å². The zero-order chi connectivity index (χ0) is 14.0. The largest absolute Gasteiger partial charge is 0.477 e. The summed E-state index contributed by atoms with van der Waals surface area (Å²) in [6.45, 7) is 6.02. The second kappa shape index (κ2) is 6.00. The quantitative estimate of drug-likeness (QED) is 0.873. The molecule has 1 saturated heterocycles. The lowest BCUT2D eigenvalue weighted by atomic mass is 10.1. The zero-order valence-corrected chi connectivity index (χ0v) is 11.9. The van der Waals surface area contributed by atoms with Crippen LogP contribution in [0.4, 0.5) is 0 Å². The van der Waals surface area contributed by atoms with Gasteiger partial charge in [-0.2, -0.15) is 0 Å². The lowest BCUT2D eigenvalue weighted by Crippen LogP contribution is -2.48. The molecule has 0 aromatic carbocycles. The number of hydrogen-bond donors (Lipinski definition) is 2. The molecular weight excluding hydrogens is 266 g/mol. The SMILES string of the molecule is Cc1sc(C(=O)O)cc1CN1CC(CO)OCC1C. The van der Waals surface area contributed by atoms with Crippen LogP contribution in [-0.4, -0.2) is 53.0 Å². The van der Waals surface area contributed by atoms with E-state index in [-0.39, 0.29) is 18.8 Å². The van der Waals surface area contributed by atoms with Crippen LogP contribution in [0.25, 0.3) is 0 Å². The Morgan fingerprint density at radius 2 is 2.37 bits per heavy atom. The average Bonchev–Trinajstić information content (AvgIpc) is 2.74. The van der Waals surface area contributed by atoms with Crippen molar-refractivity contribution >= 4 is 17.3 Å². The Bertz CT molecular complexity index is 459. The van der Waals surface area contributed by atoms with Crippen molar-refractivity contribution in [3.63, 3.8) is 0 Å². The molecule has 1 aliphatic rings. The molecule has 5 nitrogen and oxygen atoms in total. The topological polar surface area (TPSA) is 70.0 Å². The van der Waals surface area contributed by atoms with E-state index in [1.54, 1.807) is 6.07 Å². The van der Waals surface area contributed by atoms with Gasteiger partial charge in [-0.3, -0.25) is 4.90 Å². The molecule has 2 heterocycles. The molecule has 0 spiro atoms. The van der Waals surface area contributed by atoms with E-state index in [2.05, 4.69) is 11.8 Å². The summed E-state index contributed by atoms with van der Waals surface area (Å²) in [6, 6.07) is 2.02. The Hall–Kier alpha value is -0.950. The molecule has 6 heteroatoms. The fourth-order valence-electron chi connectivity index (χ4n) is 2.21. The molecule has 19 heavy (non-hydrogen) atoms. The van der Waals surface area contributed by atoms with Crippen LogP contribution in [0.3, 0.4) is 0 Å². The van der Waals surface area contributed by atoms with E-state index in [1.807, 2.05) is 6.92 Å². The number of carboxylic acids is 1. The summed E-state index contributed by atoms with van der Waals surface area (Å²) < 4.78 is 5.50. The van der Waals surface area contributed by atoms with E-state index in [1.165, 1.54) is 11.3 Å². The number of aromatic carboxylic acids is 1. The van der Waals surface area contributed by atoms with Crippen molar-refractivity contribution in [3.8, 4) is 0 Å². The standard InChI is InChI=1S/C13H19NO4S/c1-8-7-18-11(6-15)5-14(8)4-10-3-12(13(16)17)19-9(10)2/h3,8,11,15H,4-7H2,1-2H3,(H,16,17). The van der Waals surface area contributed by atoms with Gasteiger partial charge in [0.2, 0.25) is 0 Å². The summed E-state index contributed by atoms with van der Waals surface area (Å²) in [6.07, 6.45) is -0.144. The number of carboxylic acid groups (broad SMARTS) is 1. The highest BCUT2D eigenvalue weighted by molar-refractivity contribution is 7.14. The van der Waals surface area contributed by atoms with Gasteiger partial charge in [0.15, 0.2) is 0 Å². The maximum Gasteiger partial charge on any atom is 0.345 e. The van der Waals surface area contributed by atoms with Crippen molar-refractivity contribution in [2.24, 2.45) is 0 Å². The van der Waals surface area contributed by atoms with Crippen molar-refractivity contribution in [2.45, 2.75) is 32.5 Å². The lowest BCUT2D eigenvalue weighted by molar-refractivity contribution is -0.0805. The minimum atomic E-state index is -0.873. The fourth-order valence-corrected chi connectivity index (χ4v) is 3.08. The smallest absolute Gasteiger partial charge is 0.345 e. The van der Waals surface area contributed by atoms with Gasteiger partial charge in [-0.05, 0) is 25.5 Å². The van der Waals surface area contributed by atoms with Gasteiger partial charge in [-0.1, -0.05) is 0 Å². The third kappa shape index (κ3) is 3.33. The van der Waals surface area contributed by atoms with Crippen LogP contribution in [0.1, 0.15) is 27.0 Å². The Morgan fingerprint density at radius 3 is 2.95 bits per heavy atom. The maximum absolute atomic E-state index is 11.0. The van der Waals surface area contributed by atoms with Gasteiger partial charge in [0.05, 0.1) is 19.3 Å². The van der Waals surface area contributed by atoms with Crippen molar-refractivity contribution in [3.05, 3.63) is 21.4 Å². The summed E-state index contributed by atoms with van der Waals surface area (Å²) >= 11 is 1.31. The minimum Gasteiger partial charge on any atom is -0.477 e. The molecular formula is C13H19NO4S. The molecule has 106 valence electrons. The Morgan fingerprint density at radius 1 is 1.63 bits per heavy atom. The first-order chi connectivity index (χ1) is 9.01. The molecule has 0 radical (unpaired) electrons. The second-order valence-electron chi connectivity index (χ2n) is 4.91. The molecule has 0 aliphatic carbocycles. The molecule has 0 amide bonds. The van der Waals surface area contributed by atoms with Gasteiger partial charge in [0.1, 0.15) is 4.88 Å². The lowest BCUT2D eigenvalue weighted by Gasteiger charge is -2.37. The third-order valence-corrected chi connectivity index (χ3v) is 4.52. The summed E-state index contributed by atoms with van der Waals surface area (Å²) in [5.41, 5.74) is 1.05. The summed E-state index contributed by atoms with van der Waals surface area (Å²) in [7, 11) is 0. The number of nitrogens with zero attached hydrogens (tertiary/aromatic N) is 1. The second-order valence-corrected chi connectivity index (χ2v) is 6.17. The number of morpholine rings is 1. The highest BCUT2D eigenvalue weighted by atomic mass is 32.1. The summed E-state index contributed by atoms with van der Waals surface area (Å²) in [4.78, 5) is 14.6. The van der Waals surface area contributed by atoms with Crippen molar-refractivity contribution < 1.29 is 19.7 Å². The molecule has 1 aromatic heterocycles. The molecule has 1 fully saturated rings. The molecule has 0 bridgehead atoms. The van der Waals surface area contributed by atoms with Gasteiger partial charge in [-0.15, -0.1) is 11.3 Å². The number of hydrogen-bond acceptors (Lipinski definition) is 5. The van der Waals surface area contributed by atoms with E-state index in [0.29, 0.717) is 24.6 Å². The maximum atomic E-state index is 11.0. The Labute approximate surface area is 116 Å². The molecule has 1 aromatic rings. The van der Waals surface area contributed by atoms with Gasteiger partial charge in [-0.25, -0.2) is 4.79 Å². The van der Waals surface area contributed by atoms with E-state index in [4.69, 9.17) is 14.9 Å². The molecule has 2 N–H and O–H groups in total. The first-order valence-electron chi connectivity index (χ1n) is 6.30. The molecule has 1 aliphatic heterocycles. The van der Waals surface area contributed by atoms with Crippen LogP contribution in [0.2, 0.25) is 0 Å². The van der Waals surface area contributed by atoms with Gasteiger partial charge >= 0.3 is 5.97 Å². The van der Waals surface area contributed by atoms with Crippen LogP contribution in [0.5, 0.6) is 0 Å². The van der Waals surface area contributed by atoms with E-state index in [9.17, 15) is 4.79 Å². The van der Waals surface area contributed by atoms with Crippen LogP contribution in [0, 0.1) is 6.92 Å². The van der Waals surface area contributed by atoms with E-state index < -0.39 is 5.97 Å². The number of aliphatic hydroxyl groups is 1. The van der Waals surface area contributed by atoms with Crippen LogP contribution in [-0.2, 0) is 11.3 Å².